The van der Waals surface area contributed by atoms with Gasteiger partial charge in [0, 0.05) is 56.6 Å². The summed E-state index contributed by atoms with van der Waals surface area (Å²) in [4.78, 5) is 29.0. The van der Waals surface area contributed by atoms with E-state index in [1.807, 2.05) is 37.8 Å². The van der Waals surface area contributed by atoms with Gasteiger partial charge in [-0.25, -0.2) is 4.98 Å². The number of ether oxygens (including phenoxy) is 2. The van der Waals surface area contributed by atoms with Gasteiger partial charge in [0.15, 0.2) is 11.5 Å². The van der Waals surface area contributed by atoms with Gasteiger partial charge in [-0.15, -0.1) is 0 Å². The second-order valence-electron chi connectivity index (χ2n) is 8.17. The van der Waals surface area contributed by atoms with Crippen LogP contribution in [0.25, 0.3) is 0 Å². The summed E-state index contributed by atoms with van der Waals surface area (Å²) in [5.74, 6) is 3.07. The average molecular weight is 440 g/mol. The van der Waals surface area contributed by atoms with Gasteiger partial charge in [-0.1, -0.05) is 0 Å². The molecule has 2 fully saturated rings. The highest BCUT2D eigenvalue weighted by Gasteiger charge is 2.25. The number of amides is 1. The number of aromatic nitrogens is 2. The molecule has 0 N–H and O–H groups in total. The lowest BCUT2D eigenvalue weighted by Gasteiger charge is -2.35. The molecule has 1 aromatic carbocycles. The average Bonchev–Trinajstić information content (AvgIpc) is 3.35. The second kappa shape index (κ2) is 10.1. The fraction of sp³-hybridized carbons (Fsp3) is 0.542. The van der Waals surface area contributed by atoms with Gasteiger partial charge in [0.1, 0.15) is 5.82 Å². The van der Waals surface area contributed by atoms with Crippen molar-refractivity contribution in [2.24, 2.45) is 0 Å². The van der Waals surface area contributed by atoms with E-state index in [1.165, 1.54) is 12.8 Å². The number of carbonyl (C=O) groups excluding carboxylic acids is 1. The van der Waals surface area contributed by atoms with Crippen LogP contribution in [0.1, 0.15) is 42.7 Å². The van der Waals surface area contributed by atoms with Gasteiger partial charge in [0.2, 0.25) is 5.95 Å². The van der Waals surface area contributed by atoms with Gasteiger partial charge in [-0.3, -0.25) is 4.79 Å². The largest absolute Gasteiger partial charge is 0.490 e. The zero-order valence-corrected chi connectivity index (χ0v) is 19.3. The molecule has 32 heavy (non-hydrogen) atoms. The predicted octanol–water partition coefficient (Wildman–Crippen LogP) is 3.15. The van der Waals surface area contributed by atoms with E-state index in [2.05, 4.69) is 20.9 Å². The van der Waals surface area contributed by atoms with Crippen LogP contribution < -0.4 is 19.3 Å². The maximum absolute atomic E-state index is 13.1. The number of carbonyl (C=O) groups is 1. The Morgan fingerprint density at radius 3 is 2.25 bits per heavy atom. The Morgan fingerprint density at radius 2 is 1.56 bits per heavy atom. The van der Waals surface area contributed by atoms with Crippen molar-refractivity contribution >= 4 is 17.7 Å². The maximum atomic E-state index is 13.1. The Balaban J connectivity index is 1.42. The van der Waals surface area contributed by atoms with Gasteiger partial charge in [-0.05, 0) is 51.8 Å². The molecule has 2 aromatic rings. The highest BCUT2D eigenvalue weighted by molar-refractivity contribution is 5.95. The first-order valence-electron chi connectivity index (χ1n) is 11.6. The van der Waals surface area contributed by atoms with Gasteiger partial charge in [-0.2, -0.15) is 4.98 Å². The number of aryl methyl sites for hydroxylation is 1. The fourth-order valence-electron chi connectivity index (χ4n) is 4.26. The normalized spacial score (nSPS) is 16.4. The van der Waals surface area contributed by atoms with E-state index in [4.69, 9.17) is 14.5 Å². The van der Waals surface area contributed by atoms with Crippen LogP contribution in [-0.2, 0) is 0 Å². The molecule has 0 bridgehead atoms. The van der Waals surface area contributed by atoms with Crippen molar-refractivity contribution in [3.05, 3.63) is 35.5 Å². The number of hydrogen-bond acceptors (Lipinski definition) is 7. The van der Waals surface area contributed by atoms with E-state index in [0.717, 1.165) is 30.5 Å². The molecule has 1 amide bonds. The van der Waals surface area contributed by atoms with Crippen molar-refractivity contribution in [1.82, 2.24) is 14.9 Å². The Kier molecular flexibility index (Phi) is 6.97. The highest BCUT2D eigenvalue weighted by Crippen LogP contribution is 2.29. The molecule has 2 aliphatic rings. The van der Waals surface area contributed by atoms with Crippen LogP contribution in [0.5, 0.6) is 11.5 Å². The summed E-state index contributed by atoms with van der Waals surface area (Å²) in [6.07, 6.45) is 2.44. The van der Waals surface area contributed by atoms with E-state index >= 15 is 0 Å². The quantitative estimate of drug-likeness (QED) is 0.656. The molecule has 8 heteroatoms. The van der Waals surface area contributed by atoms with E-state index in [0.29, 0.717) is 56.5 Å². The number of anilines is 2. The molecule has 0 aliphatic carbocycles. The van der Waals surface area contributed by atoms with Gasteiger partial charge in [0.05, 0.1) is 13.2 Å². The number of rotatable bonds is 7. The monoisotopic (exact) mass is 439 g/mol. The van der Waals surface area contributed by atoms with Crippen molar-refractivity contribution in [3.8, 4) is 11.5 Å². The Hall–Kier alpha value is -3.03. The molecule has 4 rings (SSSR count). The summed E-state index contributed by atoms with van der Waals surface area (Å²) in [6.45, 7) is 11.8. The summed E-state index contributed by atoms with van der Waals surface area (Å²) >= 11 is 0. The summed E-state index contributed by atoms with van der Waals surface area (Å²) in [5.41, 5.74) is 1.60. The molecule has 0 radical (unpaired) electrons. The lowest BCUT2D eigenvalue weighted by molar-refractivity contribution is 0.0745. The number of nitrogens with zero attached hydrogens (tertiary/aromatic N) is 5. The minimum Gasteiger partial charge on any atom is -0.490 e. The molecule has 8 nitrogen and oxygen atoms in total. The Bertz CT molecular complexity index is 937. The zero-order valence-electron chi connectivity index (χ0n) is 19.3. The molecule has 0 spiro atoms. The molecule has 0 saturated carbocycles. The second-order valence-corrected chi connectivity index (χ2v) is 8.17. The summed E-state index contributed by atoms with van der Waals surface area (Å²) in [7, 11) is 0. The fourth-order valence-corrected chi connectivity index (χ4v) is 4.26. The molecule has 172 valence electrons. The first-order chi connectivity index (χ1) is 15.6. The van der Waals surface area contributed by atoms with Crippen LogP contribution >= 0.6 is 0 Å². The molecule has 2 saturated heterocycles. The Morgan fingerprint density at radius 1 is 0.875 bits per heavy atom. The van der Waals surface area contributed by atoms with E-state index < -0.39 is 0 Å². The smallest absolute Gasteiger partial charge is 0.254 e. The van der Waals surface area contributed by atoms with Gasteiger partial charge >= 0.3 is 0 Å². The molecule has 3 heterocycles. The third-order valence-electron chi connectivity index (χ3n) is 5.90. The van der Waals surface area contributed by atoms with Crippen molar-refractivity contribution in [2.45, 2.75) is 33.6 Å². The third-order valence-corrected chi connectivity index (χ3v) is 5.90. The van der Waals surface area contributed by atoms with Crippen LogP contribution in [0.4, 0.5) is 11.8 Å². The van der Waals surface area contributed by atoms with Gasteiger partial charge in [0.25, 0.3) is 5.91 Å². The lowest BCUT2D eigenvalue weighted by atomic mass is 10.1. The molecule has 0 unspecified atom stereocenters. The van der Waals surface area contributed by atoms with Crippen molar-refractivity contribution < 1.29 is 14.3 Å². The maximum Gasteiger partial charge on any atom is 0.254 e. The van der Waals surface area contributed by atoms with Crippen molar-refractivity contribution in [1.29, 1.82) is 0 Å². The summed E-state index contributed by atoms with van der Waals surface area (Å²) in [5, 5.41) is 0. The standard InChI is InChI=1S/C24H33N5O3/c1-4-31-20-9-8-19(17-21(20)32-5-2)23(30)28-12-14-29(15-13-28)24-25-18(3)16-22(26-24)27-10-6-7-11-27/h8-9,16-17H,4-7,10-15H2,1-3H3. The van der Waals surface area contributed by atoms with Crippen molar-refractivity contribution in [2.75, 3.05) is 62.3 Å². The minimum absolute atomic E-state index is 0.0107. The first kappa shape index (κ1) is 22.2. The predicted molar refractivity (Wildman–Crippen MR) is 125 cm³/mol. The summed E-state index contributed by atoms with van der Waals surface area (Å²) < 4.78 is 11.3. The zero-order chi connectivity index (χ0) is 22.5. The van der Waals surface area contributed by atoms with E-state index in [1.54, 1.807) is 6.07 Å². The van der Waals surface area contributed by atoms with Crippen LogP contribution in [0, 0.1) is 6.92 Å². The third kappa shape index (κ3) is 4.89. The topological polar surface area (TPSA) is 71.0 Å². The van der Waals surface area contributed by atoms with Gasteiger partial charge < -0.3 is 24.2 Å². The number of piperazine rings is 1. The SMILES string of the molecule is CCOc1ccc(C(=O)N2CCN(c3nc(C)cc(N4CCCC4)n3)CC2)cc1OCC. The highest BCUT2D eigenvalue weighted by atomic mass is 16.5. The van der Waals surface area contributed by atoms with Crippen LogP contribution in [0.3, 0.4) is 0 Å². The van der Waals surface area contributed by atoms with Crippen molar-refractivity contribution in [3.63, 3.8) is 0 Å². The minimum atomic E-state index is 0.0107. The molecule has 0 atom stereocenters. The van der Waals surface area contributed by atoms with Crippen LogP contribution in [0.2, 0.25) is 0 Å². The van der Waals surface area contributed by atoms with E-state index in [9.17, 15) is 4.79 Å². The molecular formula is C24H33N5O3. The number of hydrogen-bond donors (Lipinski definition) is 0. The van der Waals surface area contributed by atoms with Crippen LogP contribution in [-0.4, -0.2) is 73.3 Å². The molecular weight excluding hydrogens is 406 g/mol. The summed E-state index contributed by atoms with van der Waals surface area (Å²) in [6, 6.07) is 7.48. The lowest BCUT2D eigenvalue weighted by Crippen LogP contribution is -2.49. The number of benzene rings is 1. The molecule has 1 aromatic heterocycles. The molecule has 2 aliphatic heterocycles. The van der Waals surface area contributed by atoms with Crippen LogP contribution in [0.15, 0.2) is 24.3 Å². The Labute approximate surface area is 190 Å². The first-order valence-corrected chi connectivity index (χ1v) is 11.6. The van der Waals surface area contributed by atoms with E-state index in [-0.39, 0.29) is 5.91 Å².